The largest absolute Gasteiger partial charge is 0.329 e. The first-order valence-corrected chi connectivity index (χ1v) is 7.63. The summed E-state index contributed by atoms with van der Waals surface area (Å²) in [5.41, 5.74) is 8.15. The summed E-state index contributed by atoms with van der Waals surface area (Å²) in [6, 6.07) is 10.5. The molecule has 4 heteroatoms. The summed E-state index contributed by atoms with van der Waals surface area (Å²) in [6.45, 7) is 5.76. The van der Waals surface area contributed by atoms with Crippen LogP contribution in [-0.4, -0.2) is 16.3 Å². The molecule has 0 amide bonds. The van der Waals surface area contributed by atoms with Gasteiger partial charge in [-0.2, -0.15) is 5.10 Å². The molecule has 0 unspecified atom stereocenters. The van der Waals surface area contributed by atoms with Gasteiger partial charge in [0.05, 0.1) is 22.8 Å². The fourth-order valence-electron chi connectivity index (χ4n) is 2.14. The highest BCUT2D eigenvalue weighted by Crippen LogP contribution is 2.33. The normalized spacial score (nSPS) is 10.9. The van der Waals surface area contributed by atoms with Crippen molar-refractivity contribution < 1.29 is 0 Å². The van der Waals surface area contributed by atoms with E-state index in [1.54, 1.807) is 0 Å². The van der Waals surface area contributed by atoms with Crippen LogP contribution in [0.3, 0.4) is 0 Å². The summed E-state index contributed by atoms with van der Waals surface area (Å²) in [6.07, 6.45) is 1.95. The van der Waals surface area contributed by atoms with Crippen LogP contribution in [0.25, 0.3) is 0 Å². The molecule has 2 aromatic rings. The Morgan fingerprint density at radius 3 is 2.47 bits per heavy atom. The summed E-state index contributed by atoms with van der Waals surface area (Å²) < 4.78 is 2.07. The molecular formula is C15H21N3S. The molecule has 3 nitrogen and oxygen atoms in total. The third-order valence-corrected chi connectivity index (χ3v) is 4.23. The summed E-state index contributed by atoms with van der Waals surface area (Å²) in [4.78, 5) is 2.57. The van der Waals surface area contributed by atoms with Crippen LogP contribution in [0, 0.1) is 0 Å². The van der Waals surface area contributed by atoms with Crippen molar-refractivity contribution in [2.75, 3.05) is 6.54 Å². The summed E-state index contributed by atoms with van der Waals surface area (Å²) >= 11 is 1.81. The lowest BCUT2D eigenvalue weighted by molar-refractivity contribution is 0.589. The number of benzene rings is 1. The first kappa shape index (κ1) is 14.2. The zero-order valence-electron chi connectivity index (χ0n) is 11.6. The summed E-state index contributed by atoms with van der Waals surface area (Å²) in [7, 11) is 0. The van der Waals surface area contributed by atoms with Gasteiger partial charge >= 0.3 is 0 Å². The summed E-state index contributed by atoms with van der Waals surface area (Å²) in [5, 5.41) is 4.70. The minimum atomic E-state index is 0.632. The molecule has 2 N–H and O–H groups in total. The number of aryl methyl sites for hydroxylation is 1. The van der Waals surface area contributed by atoms with Crippen molar-refractivity contribution in [1.82, 2.24) is 9.78 Å². The van der Waals surface area contributed by atoms with Gasteiger partial charge in [0.25, 0.3) is 0 Å². The molecule has 0 spiro atoms. The van der Waals surface area contributed by atoms with Crippen molar-refractivity contribution in [2.45, 2.75) is 43.0 Å². The highest BCUT2D eigenvalue weighted by Gasteiger charge is 2.16. The maximum atomic E-state index is 5.67. The second-order valence-corrected chi connectivity index (χ2v) is 5.44. The standard InChI is InChI=1S/C15H21N3S/c1-3-13-15(19-12-8-6-5-7-9-12)14(4-2)18(17-13)11-10-16/h5-9H,3-4,10-11,16H2,1-2H3. The molecule has 19 heavy (non-hydrogen) atoms. The molecule has 2 rings (SSSR count). The number of nitrogens with two attached hydrogens (primary N) is 1. The maximum Gasteiger partial charge on any atom is 0.0764 e. The molecule has 102 valence electrons. The average Bonchev–Trinajstić information content (AvgIpc) is 2.77. The number of hydrogen-bond donors (Lipinski definition) is 1. The Balaban J connectivity index is 2.37. The second-order valence-electron chi connectivity index (χ2n) is 4.36. The SMILES string of the molecule is CCc1nn(CCN)c(CC)c1Sc1ccccc1. The van der Waals surface area contributed by atoms with E-state index in [4.69, 9.17) is 10.8 Å². The van der Waals surface area contributed by atoms with Gasteiger partial charge in [-0.25, -0.2) is 0 Å². The van der Waals surface area contributed by atoms with E-state index in [2.05, 4.69) is 42.8 Å². The molecular weight excluding hydrogens is 254 g/mol. The van der Waals surface area contributed by atoms with Gasteiger partial charge in [-0.3, -0.25) is 4.68 Å². The fraction of sp³-hybridized carbons (Fsp3) is 0.400. The van der Waals surface area contributed by atoms with E-state index >= 15 is 0 Å². The van der Waals surface area contributed by atoms with Crippen LogP contribution in [-0.2, 0) is 19.4 Å². The molecule has 1 heterocycles. The van der Waals surface area contributed by atoms with Gasteiger partial charge in [0, 0.05) is 11.4 Å². The first-order chi connectivity index (χ1) is 9.30. The van der Waals surface area contributed by atoms with Gasteiger partial charge in [-0.05, 0) is 25.0 Å². The first-order valence-electron chi connectivity index (χ1n) is 6.81. The van der Waals surface area contributed by atoms with Gasteiger partial charge in [0.1, 0.15) is 0 Å². The topological polar surface area (TPSA) is 43.8 Å². The zero-order valence-corrected chi connectivity index (χ0v) is 12.4. The van der Waals surface area contributed by atoms with E-state index < -0.39 is 0 Å². The van der Waals surface area contributed by atoms with Crippen LogP contribution >= 0.6 is 11.8 Å². The minimum absolute atomic E-state index is 0.632. The molecule has 1 aromatic carbocycles. The minimum Gasteiger partial charge on any atom is -0.329 e. The molecule has 0 bridgehead atoms. The van der Waals surface area contributed by atoms with E-state index in [1.165, 1.54) is 21.2 Å². The smallest absolute Gasteiger partial charge is 0.0764 e. The van der Waals surface area contributed by atoms with Crippen LogP contribution in [0.2, 0.25) is 0 Å². The number of aromatic nitrogens is 2. The van der Waals surface area contributed by atoms with Crippen LogP contribution in [0.4, 0.5) is 0 Å². The molecule has 0 aliphatic rings. The Morgan fingerprint density at radius 1 is 1.16 bits per heavy atom. The van der Waals surface area contributed by atoms with Crippen LogP contribution < -0.4 is 5.73 Å². The lowest BCUT2D eigenvalue weighted by atomic mass is 10.2. The van der Waals surface area contributed by atoms with E-state index in [1.807, 2.05) is 17.8 Å². The molecule has 0 atom stereocenters. The molecule has 0 radical (unpaired) electrons. The van der Waals surface area contributed by atoms with Crippen molar-refractivity contribution >= 4 is 11.8 Å². The van der Waals surface area contributed by atoms with Crippen molar-refractivity contribution in [3.63, 3.8) is 0 Å². The highest BCUT2D eigenvalue weighted by atomic mass is 32.2. The Morgan fingerprint density at radius 2 is 1.89 bits per heavy atom. The Hall–Kier alpha value is -1.26. The fourth-order valence-corrected chi connectivity index (χ4v) is 3.34. The third kappa shape index (κ3) is 3.19. The molecule has 0 fully saturated rings. The van der Waals surface area contributed by atoms with E-state index in [0.29, 0.717) is 6.54 Å². The lowest BCUT2D eigenvalue weighted by Crippen LogP contribution is -2.13. The van der Waals surface area contributed by atoms with Gasteiger partial charge in [0.2, 0.25) is 0 Å². The van der Waals surface area contributed by atoms with Crippen molar-refractivity contribution in [2.24, 2.45) is 5.73 Å². The predicted molar refractivity (Wildman–Crippen MR) is 80.6 cm³/mol. The van der Waals surface area contributed by atoms with E-state index in [0.717, 1.165) is 19.4 Å². The quantitative estimate of drug-likeness (QED) is 0.881. The van der Waals surface area contributed by atoms with E-state index in [-0.39, 0.29) is 0 Å². The van der Waals surface area contributed by atoms with E-state index in [9.17, 15) is 0 Å². The monoisotopic (exact) mass is 275 g/mol. The zero-order chi connectivity index (χ0) is 13.7. The Labute approximate surface area is 119 Å². The van der Waals surface area contributed by atoms with Crippen molar-refractivity contribution in [3.05, 3.63) is 41.7 Å². The lowest BCUT2D eigenvalue weighted by Gasteiger charge is -2.06. The van der Waals surface area contributed by atoms with Crippen molar-refractivity contribution in [3.8, 4) is 0 Å². The predicted octanol–water partition coefficient (Wildman–Crippen LogP) is 3.12. The summed E-state index contributed by atoms with van der Waals surface area (Å²) in [5.74, 6) is 0. The third-order valence-electron chi connectivity index (χ3n) is 3.05. The molecule has 0 aliphatic carbocycles. The molecule has 0 saturated heterocycles. The number of rotatable bonds is 6. The van der Waals surface area contributed by atoms with Gasteiger partial charge in [-0.15, -0.1) is 0 Å². The Bertz CT molecular complexity index is 520. The van der Waals surface area contributed by atoms with Crippen LogP contribution in [0.15, 0.2) is 40.1 Å². The molecule has 0 saturated carbocycles. The molecule has 0 aliphatic heterocycles. The van der Waals surface area contributed by atoms with Crippen LogP contribution in [0.1, 0.15) is 25.2 Å². The molecule has 1 aromatic heterocycles. The van der Waals surface area contributed by atoms with Crippen molar-refractivity contribution in [1.29, 1.82) is 0 Å². The number of hydrogen-bond acceptors (Lipinski definition) is 3. The second kappa shape index (κ2) is 6.78. The average molecular weight is 275 g/mol. The number of nitrogens with zero attached hydrogens (tertiary/aromatic N) is 2. The van der Waals surface area contributed by atoms with Gasteiger partial charge < -0.3 is 5.73 Å². The van der Waals surface area contributed by atoms with Crippen LogP contribution in [0.5, 0.6) is 0 Å². The highest BCUT2D eigenvalue weighted by molar-refractivity contribution is 7.99. The van der Waals surface area contributed by atoms with Gasteiger partial charge in [0.15, 0.2) is 0 Å². The maximum absolute atomic E-state index is 5.67. The van der Waals surface area contributed by atoms with Gasteiger partial charge in [-0.1, -0.05) is 43.8 Å². The Kier molecular flexibility index (Phi) is 5.05.